The Hall–Kier alpha value is -2.65. The van der Waals surface area contributed by atoms with Crippen LogP contribution in [0.3, 0.4) is 0 Å². The van der Waals surface area contributed by atoms with Crippen molar-refractivity contribution in [3.8, 4) is 12.1 Å². The molecule has 128 valence electrons. The quantitative estimate of drug-likeness (QED) is 0.909. The Morgan fingerprint density at radius 2 is 1.80 bits per heavy atom. The SMILES string of the molecule is N#Cc1ccc(C(=O)NC2CCC(Oc3ncc(Cl)cn3)CC2)cc1. The van der Waals surface area contributed by atoms with Crippen molar-refractivity contribution in [2.45, 2.75) is 37.8 Å². The highest BCUT2D eigenvalue weighted by Crippen LogP contribution is 2.22. The lowest BCUT2D eigenvalue weighted by molar-refractivity contribution is 0.0885. The van der Waals surface area contributed by atoms with E-state index in [2.05, 4.69) is 15.3 Å². The van der Waals surface area contributed by atoms with E-state index in [1.807, 2.05) is 6.07 Å². The maximum absolute atomic E-state index is 12.3. The number of benzene rings is 1. The summed E-state index contributed by atoms with van der Waals surface area (Å²) in [5.41, 5.74) is 1.10. The number of aromatic nitrogens is 2. The van der Waals surface area contributed by atoms with Crippen LogP contribution in [0.5, 0.6) is 6.01 Å². The van der Waals surface area contributed by atoms with Gasteiger partial charge in [-0.15, -0.1) is 0 Å². The van der Waals surface area contributed by atoms with Gasteiger partial charge in [-0.05, 0) is 49.9 Å². The largest absolute Gasteiger partial charge is 0.460 e. The molecule has 1 aliphatic rings. The Morgan fingerprint density at radius 3 is 2.40 bits per heavy atom. The highest BCUT2D eigenvalue weighted by atomic mass is 35.5. The lowest BCUT2D eigenvalue weighted by Crippen LogP contribution is -2.39. The van der Waals surface area contributed by atoms with Crippen LogP contribution in [-0.2, 0) is 0 Å². The number of hydrogen-bond acceptors (Lipinski definition) is 5. The summed E-state index contributed by atoms with van der Waals surface area (Å²) in [5, 5.41) is 12.3. The zero-order chi connectivity index (χ0) is 17.6. The minimum atomic E-state index is -0.116. The molecule has 3 rings (SSSR count). The van der Waals surface area contributed by atoms with Crippen molar-refractivity contribution >= 4 is 17.5 Å². The summed E-state index contributed by atoms with van der Waals surface area (Å²) < 4.78 is 5.75. The molecule has 2 aromatic rings. The first-order valence-corrected chi connectivity index (χ1v) is 8.47. The second-order valence-corrected chi connectivity index (χ2v) is 6.37. The van der Waals surface area contributed by atoms with Crippen molar-refractivity contribution in [1.82, 2.24) is 15.3 Å². The summed E-state index contributed by atoms with van der Waals surface area (Å²) in [4.78, 5) is 20.3. The molecule has 6 nitrogen and oxygen atoms in total. The number of nitrogens with one attached hydrogen (secondary N) is 1. The number of hydrogen-bond donors (Lipinski definition) is 1. The van der Waals surface area contributed by atoms with Crippen LogP contribution in [0.4, 0.5) is 0 Å². The molecule has 0 unspecified atom stereocenters. The van der Waals surface area contributed by atoms with E-state index >= 15 is 0 Å². The number of carbonyl (C=O) groups is 1. The van der Waals surface area contributed by atoms with Gasteiger partial charge in [0.1, 0.15) is 6.10 Å². The van der Waals surface area contributed by atoms with Gasteiger partial charge in [0.05, 0.1) is 29.0 Å². The highest BCUT2D eigenvalue weighted by Gasteiger charge is 2.24. The van der Waals surface area contributed by atoms with Crippen LogP contribution in [0.15, 0.2) is 36.7 Å². The van der Waals surface area contributed by atoms with E-state index in [0.717, 1.165) is 25.7 Å². The Bertz CT molecular complexity index is 763. The molecule has 1 aromatic heterocycles. The summed E-state index contributed by atoms with van der Waals surface area (Å²) in [5.74, 6) is -0.116. The third-order valence-electron chi connectivity index (χ3n) is 4.15. The Balaban J connectivity index is 1.47. The molecule has 1 saturated carbocycles. The van der Waals surface area contributed by atoms with Crippen molar-refractivity contribution in [1.29, 1.82) is 5.26 Å². The van der Waals surface area contributed by atoms with Gasteiger partial charge in [-0.25, -0.2) is 9.97 Å². The standard InChI is InChI=1S/C18H17ClN4O2/c19-14-10-21-18(22-11-14)25-16-7-5-15(6-8-16)23-17(24)13-3-1-12(9-20)2-4-13/h1-4,10-11,15-16H,5-8H2,(H,23,24). The van der Waals surface area contributed by atoms with E-state index < -0.39 is 0 Å². The molecule has 7 heteroatoms. The molecular weight excluding hydrogens is 340 g/mol. The second-order valence-electron chi connectivity index (χ2n) is 5.94. The van der Waals surface area contributed by atoms with E-state index in [-0.39, 0.29) is 18.1 Å². The molecule has 0 aliphatic heterocycles. The van der Waals surface area contributed by atoms with Crippen molar-refractivity contribution in [3.05, 3.63) is 52.8 Å². The van der Waals surface area contributed by atoms with Crippen LogP contribution in [0, 0.1) is 11.3 Å². The first-order valence-electron chi connectivity index (χ1n) is 8.09. The molecule has 0 saturated heterocycles. The average molecular weight is 357 g/mol. The number of carbonyl (C=O) groups excluding carboxylic acids is 1. The van der Waals surface area contributed by atoms with Crippen LogP contribution in [0.2, 0.25) is 5.02 Å². The van der Waals surface area contributed by atoms with Crippen molar-refractivity contribution in [3.63, 3.8) is 0 Å². The second kappa shape index (κ2) is 7.95. The molecule has 1 aliphatic carbocycles. The molecule has 0 radical (unpaired) electrons. The summed E-state index contributed by atoms with van der Waals surface area (Å²) in [6, 6.07) is 9.11. The van der Waals surface area contributed by atoms with Gasteiger partial charge in [-0.2, -0.15) is 5.26 Å². The van der Waals surface area contributed by atoms with Crippen LogP contribution in [0.1, 0.15) is 41.6 Å². The van der Waals surface area contributed by atoms with Crippen molar-refractivity contribution < 1.29 is 9.53 Å². The average Bonchev–Trinajstić information content (AvgIpc) is 2.65. The number of nitrogens with zero attached hydrogens (tertiary/aromatic N) is 3. The van der Waals surface area contributed by atoms with Crippen molar-refractivity contribution in [2.24, 2.45) is 0 Å². The van der Waals surface area contributed by atoms with Crippen LogP contribution >= 0.6 is 11.6 Å². The van der Waals surface area contributed by atoms with E-state index in [9.17, 15) is 4.79 Å². The molecule has 1 amide bonds. The van der Waals surface area contributed by atoms with Crippen LogP contribution < -0.4 is 10.1 Å². The molecule has 1 fully saturated rings. The number of ether oxygens (including phenoxy) is 1. The predicted molar refractivity (Wildman–Crippen MR) is 92.3 cm³/mol. The molecule has 25 heavy (non-hydrogen) atoms. The summed E-state index contributed by atoms with van der Waals surface area (Å²) in [7, 11) is 0. The van der Waals surface area contributed by atoms with Crippen molar-refractivity contribution in [2.75, 3.05) is 0 Å². The molecule has 0 atom stereocenters. The maximum atomic E-state index is 12.3. The van der Waals surface area contributed by atoms with Crippen LogP contribution in [0.25, 0.3) is 0 Å². The first-order chi connectivity index (χ1) is 12.1. The Morgan fingerprint density at radius 1 is 1.16 bits per heavy atom. The number of nitriles is 1. The molecule has 1 heterocycles. The van der Waals surface area contributed by atoms with Crippen LogP contribution in [-0.4, -0.2) is 28.0 Å². The van der Waals surface area contributed by atoms with Gasteiger partial charge in [0.15, 0.2) is 0 Å². The van der Waals surface area contributed by atoms with E-state index in [4.69, 9.17) is 21.6 Å². The minimum absolute atomic E-state index is 0.0456. The lowest BCUT2D eigenvalue weighted by Gasteiger charge is -2.28. The molecular formula is C18H17ClN4O2. The zero-order valence-corrected chi connectivity index (χ0v) is 14.2. The summed E-state index contributed by atoms with van der Waals surface area (Å²) in [6.45, 7) is 0. The third kappa shape index (κ3) is 4.68. The topological polar surface area (TPSA) is 87.9 Å². The molecule has 1 N–H and O–H groups in total. The zero-order valence-electron chi connectivity index (χ0n) is 13.5. The number of rotatable bonds is 4. The fourth-order valence-electron chi connectivity index (χ4n) is 2.80. The van der Waals surface area contributed by atoms with E-state index in [1.54, 1.807) is 24.3 Å². The normalized spacial score (nSPS) is 19.7. The predicted octanol–water partition coefficient (Wildman–Crippen LogP) is 3.12. The minimum Gasteiger partial charge on any atom is -0.460 e. The summed E-state index contributed by atoms with van der Waals surface area (Å²) in [6.07, 6.45) is 6.37. The third-order valence-corrected chi connectivity index (χ3v) is 4.35. The maximum Gasteiger partial charge on any atom is 0.316 e. The van der Waals surface area contributed by atoms with Gasteiger partial charge in [-0.3, -0.25) is 4.79 Å². The fraction of sp³-hybridized carbons (Fsp3) is 0.333. The highest BCUT2D eigenvalue weighted by molar-refractivity contribution is 6.30. The van der Waals surface area contributed by atoms with E-state index in [0.29, 0.717) is 22.2 Å². The Labute approximate surface area is 150 Å². The van der Waals surface area contributed by atoms with Gasteiger partial charge in [0, 0.05) is 11.6 Å². The monoisotopic (exact) mass is 356 g/mol. The van der Waals surface area contributed by atoms with E-state index in [1.165, 1.54) is 12.4 Å². The summed E-state index contributed by atoms with van der Waals surface area (Å²) >= 11 is 5.75. The lowest BCUT2D eigenvalue weighted by atomic mass is 9.92. The fourth-order valence-corrected chi connectivity index (χ4v) is 2.90. The Kier molecular flexibility index (Phi) is 5.46. The number of halogens is 1. The van der Waals surface area contributed by atoms with Gasteiger partial charge in [0.25, 0.3) is 5.91 Å². The number of amides is 1. The van der Waals surface area contributed by atoms with Gasteiger partial charge >= 0.3 is 6.01 Å². The van der Waals surface area contributed by atoms with Gasteiger partial charge in [0.2, 0.25) is 0 Å². The first kappa shape index (κ1) is 17.2. The molecule has 0 bridgehead atoms. The smallest absolute Gasteiger partial charge is 0.316 e. The molecule has 1 aromatic carbocycles. The van der Waals surface area contributed by atoms with Gasteiger partial charge in [-0.1, -0.05) is 11.6 Å². The molecule has 0 spiro atoms. The van der Waals surface area contributed by atoms with Gasteiger partial charge < -0.3 is 10.1 Å².